The van der Waals surface area contributed by atoms with E-state index in [1.165, 1.54) is 9.99 Å². The number of nitrogens with zero attached hydrogens (tertiary/aromatic N) is 2. The van der Waals surface area contributed by atoms with Crippen molar-refractivity contribution in [2.45, 2.75) is 18.6 Å². The van der Waals surface area contributed by atoms with Crippen molar-refractivity contribution in [2.75, 3.05) is 18.1 Å². The highest BCUT2D eigenvalue weighted by Crippen LogP contribution is 2.31. The van der Waals surface area contributed by atoms with Crippen molar-refractivity contribution in [3.8, 4) is 0 Å². The van der Waals surface area contributed by atoms with Gasteiger partial charge < -0.3 is 9.64 Å². The third-order valence-electron chi connectivity index (χ3n) is 2.91. The van der Waals surface area contributed by atoms with Gasteiger partial charge in [-0.05, 0) is 41.1 Å². The first-order valence-corrected chi connectivity index (χ1v) is 5.90. The summed E-state index contributed by atoms with van der Waals surface area (Å²) in [6, 6.07) is 4.77. The van der Waals surface area contributed by atoms with Gasteiger partial charge in [0.1, 0.15) is 5.82 Å². The van der Waals surface area contributed by atoms with Gasteiger partial charge in [0.05, 0.1) is 18.8 Å². The van der Waals surface area contributed by atoms with E-state index in [0.29, 0.717) is 12.1 Å². The highest BCUT2D eigenvalue weighted by molar-refractivity contribution is 14.1. The fourth-order valence-electron chi connectivity index (χ4n) is 2.22. The van der Waals surface area contributed by atoms with Gasteiger partial charge in [0.2, 0.25) is 0 Å². The molecule has 0 saturated carbocycles. The van der Waals surface area contributed by atoms with Crippen molar-refractivity contribution in [2.24, 2.45) is 0 Å². The van der Waals surface area contributed by atoms with Crippen LogP contribution in [0, 0.1) is 3.57 Å². The first kappa shape index (κ1) is 8.91. The van der Waals surface area contributed by atoms with Gasteiger partial charge in [-0.15, -0.1) is 0 Å². The maximum atomic E-state index is 5.56. The van der Waals surface area contributed by atoms with Crippen LogP contribution in [-0.4, -0.2) is 30.3 Å². The van der Waals surface area contributed by atoms with Gasteiger partial charge >= 0.3 is 0 Å². The van der Waals surface area contributed by atoms with Crippen LogP contribution in [0.1, 0.15) is 6.42 Å². The molecule has 3 nitrogen and oxygen atoms in total. The number of hydrogen-bond donors (Lipinski definition) is 0. The molecule has 3 rings (SSSR count). The summed E-state index contributed by atoms with van der Waals surface area (Å²) in [5.74, 6) is 1.10. The van der Waals surface area contributed by atoms with Gasteiger partial charge in [-0.1, -0.05) is 0 Å². The average Bonchev–Trinajstić information content (AvgIpc) is 2.80. The lowest BCUT2D eigenvalue weighted by atomic mass is 10.2. The molecule has 0 aromatic carbocycles. The zero-order valence-electron chi connectivity index (χ0n) is 7.69. The van der Waals surface area contributed by atoms with E-state index < -0.39 is 0 Å². The lowest BCUT2D eigenvalue weighted by molar-refractivity contribution is 0.0989. The third-order valence-corrected chi connectivity index (χ3v) is 3.54. The van der Waals surface area contributed by atoms with Crippen molar-refractivity contribution in [1.29, 1.82) is 0 Å². The van der Waals surface area contributed by atoms with Crippen LogP contribution in [0.4, 0.5) is 5.82 Å². The van der Waals surface area contributed by atoms with Crippen LogP contribution in [0.15, 0.2) is 18.3 Å². The minimum absolute atomic E-state index is 0.445. The Hall–Kier alpha value is -0.360. The molecule has 74 valence electrons. The maximum absolute atomic E-state index is 5.56. The summed E-state index contributed by atoms with van der Waals surface area (Å²) in [5, 5.41) is 0. The van der Waals surface area contributed by atoms with Crippen molar-refractivity contribution >= 4 is 28.4 Å². The molecule has 2 aliphatic heterocycles. The van der Waals surface area contributed by atoms with Crippen molar-refractivity contribution in [1.82, 2.24) is 4.98 Å². The van der Waals surface area contributed by atoms with Gasteiger partial charge in [0.15, 0.2) is 0 Å². The number of pyridine rings is 1. The summed E-state index contributed by atoms with van der Waals surface area (Å²) in [6.45, 7) is 1.89. The van der Waals surface area contributed by atoms with E-state index in [1.54, 1.807) is 0 Å². The predicted octanol–water partition coefficient (Wildman–Crippen LogP) is 1.66. The fraction of sp³-hybridized carbons (Fsp3) is 0.500. The molecule has 1 aromatic rings. The standard InChI is InChI=1S/C10H11IN2O/c11-7-1-2-10(12-4-7)13-5-9-3-8(13)6-14-9/h1-2,4,8-9H,3,5-6H2/t8-,9-/m1/s1. The van der Waals surface area contributed by atoms with E-state index in [2.05, 4.69) is 44.6 Å². The summed E-state index contributed by atoms with van der Waals surface area (Å²) in [6.07, 6.45) is 3.54. The average molecular weight is 302 g/mol. The second-order valence-corrected chi connectivity index (χ2v) is 5.08. The first-order chi connectivity index (χ1) is 6.83. The smallest absolute Gasteiger partial charge is 0.128 e. The van der Waals surface area contributed by atoms with E-state index in [-0.39, 0.29) is 0 Å². The molecule has 2 fully saturated rings. The molecule has 0 unspecified atom stereocenters. The van der Waals surface area contributed by atoms with E-state index in [0.717, 1.165) is 19.0 Å². The van der Waals surface area contributed by atoms with Gasteiger partial charge in [0, 0.05) is 16.3 Å². The molecule has 3 heterocycles. The molecule has 0 amide bonds. The van der Waals surface area contributed by atoms with E-state index in [9.17, 15) is 0 Å². The Bertz CT molecular complexity index is 340. The van der Waals surface area contributed by atoms with Gasteiger partial charge in [0.25, 0.3) is 0 Å². The number of anilines is 1. The van der Waals surface area contributed by atoms with Crippen LogP contribution < -0.4 is 4.90 Å². The highest BCUT2D eigenvalue weighted by Gasteiger charge is 2.39. The van der Waals surface area contributed by atoms with Crippen LogP contribution in [0.3, 0.4) is 0 Å². The summed E-state index contributed by atoms with van der Waals surface area (Å²) >= 11 is 2.28. The predicted molar refractivity (Wildman–Crippen MR) is 62.4 cm³/mol. The van der Waals surface area contributed by atoms with E-state index in [1.807, 2.05) is 6.20 Å². The third kappa shape index (κ3) is 1.40. The summed E-state index contributed by atoms with van der Waals surface area (Å²) in [7, 11) is 0. The Balaban J connectivity index is 1.86. The second kappa shape index (κ2) is 3.34. The van der Waals surface area contributed by atoms with Crippen LogP contribution in [0.5, 0.6) is 0 Å². The zero-order chi connectivity index (χ0) is 9.54. The number of halogens is 1. The first-order valence-electron chi connectivity index (χ1n) is 4.83. The highest BCUT2D eigenvalue weighted by atomic mass is 127. The largest absolute Gasteiger partial charge is 0.374 e. The summed E-state index contributed by atoms with van der Waals surface area (Å²) in [5.41, 5.74) is 0. The van der Waals surface area contributed by atoms with Gasteiger partial charge in [-0.2, -0.15) is 0 Å². The van der Waals surface area contributed by atoms with Crippen LogP contribution >= 0.6 is 22.6 Å². The normalized spacial score (nSPS) is 29.9. The Morgan fingerprint density at radius 3 is 3.00 bits per heavy atom. The summed E-state index contributed by atoms with van der Waals surface area (Å²) < 4.78 is 6.74. The fourth-order valence-corrected chi connectivity index (χ4v) is 2.54. The summed E-state index contributed by atoms with van der Waals surface area (Å²) in [4.78, 5) is 6.81. The lowest BCUT2D eigenvalue weighted by Gasteiger charge is -2.27. The van der Waals surface area contributed by atoms with E-state index >= 15 is 0 Å². The molecule has 4 heteroatoms. The number of aromatic nitrogens is 1. The van der Waals surface area contributed by atoms with Crippen LogP contribution in [0.25, 0.3) is 0 Å². The molecular weight excluding hydrogens is 291 g/mol. The molecule has 2 saturated heterocycles. The monoisotopic (exact) mass is 302 g/mol. The molecule has 2 aliphatic rings. The Morgan fingerprint density at radius 1 is 1.50 bits per heavy atom. The van der Waals surface area contributed by atoms with Crippen molar-refractivity contribution in [3.63, 3.8) is 0 Å². The molecule has 2 atom stereocenters. The molecule has 0 aliphatic carbocycles. The SMILES string of the molecule is Ic1ccc(N2C[C@H]3C[C@@H]2CO3)nc1. The second-order valence-electron chi connectivity index (χ2n) is 3.83. The quantitative estimate of drug-likeness (QED) is 0.738. The number of morpholine rings is 1. The molecule has 2 bridgehead atoms. The zero-order valence-corrected chi connectivity index (χ0v) is 9.85. The topological polar surface area (TPSA) is 25.4 Å². The molecule has 0 spiro atoms. The van der Waals surface area contributed by atoms with Crippen molar-refractivity contribution < 1.29 is 4.74 Å². The van der Waals surface area contributed by atoms with E-state index in [4.69, 9.17) is 4.74 Å². The Labute approximate surface area is 96.6 Å². The molecular formula is C10H11IN2O. The molecule has 1 aromatic heterocycles. The minimum atomic E-state index is 0.445. The number of fused-ring (bicyclic) bond motifs is 2. The van der Waals surface area contributed by atoms with Gasteiger partial charge in [-0.3, -0.25) is 0 Å². The van der Waals surface area contributed by atoms with Crippen LogP contribution in [-0.2, 0) is 4.74 Å². The molecule has 0 N–H and O–H groups in total. The Kier molecular flexibility index (Phi) is 2.13. The molecule has 14 heavy (non-hydrogen) atoms. The van der Waals surface area contributed by atoms with Gasteiger partial charge in [-0.25, -0.2) is 4.98 Å². The number of ether oxygens (including phenoxy) is 1. The molecule has 0 radical (unpaired) electrons. The number of rotatable bonds is 1. The van der Waals surface area contributed by atoms with Crippen LogP contribution in [0.2, 0.25) is 0 Å². The van der Waals surface area contributed by atoms with Crippen molar-refractivity contribution in [3.05, 3.63) is 21.9 Å². The Morgan fingerprint density at radius 2 is 2.43 bits per heavy atom. The minimum Gasteiger partial charge on any atom is -0.374 e. The number of hydrogen-bond acceptors (Lipinski definition) is 3. The lowest BCUT2D eigenvalue weighted by Crippen LogP contribution is -2.37. The maximum Gasteiger partial charge on any atom is 0.128 e.